The first kappa shape index (κ1) is 15.8. The highest BCUT2D eigenvalue weighted by Crippen LogP contribution is 2.36. The standard InChI is InChI=1S/C16H11ClN2O5/c17-9-5-6-14(20)12(7-9)18-8-13(19(22)23)15-10-3-1-2-4-11(10)16(21)24-15/h1-8,15,18,20H/b13-8+/t15-/m1/s1. The van der Waals surface area contributed by atoms with Gasteiger partial charge in [-0.25, -0.2) is 4.79 Å². The molecule has 0 saturated carbocycles. The molecule has 0 saturated heterocycles. The SMILES string of the molecule is O=C1O[C@@H](/C(=C\Nc2cc(Cl)ccc2O)[N+](=O)[O-])c2ccccc21. The number of ether oxygens (including phenoxy) is 1. The number of nitro groups is 1. The molecule has 3 rings (SSSR count). The first-order valence-electron chi connectivity index (χ1n) is 6.87. The van der Waals surface area contributed by atoms with Gasteiger partial charge in [0.1, 0.15) is 5.75 Å². The van der Waals surface area contributed by atoms with Crippen LogP contribution in [-0.2, 0) is 4.74 Å². The van der Waals surface area contributed by atoms with Crippen LogP contribution >= 0.6 is 11.6 Å². The Balaban J connectivity index is 1.95. The molecular weight excluding hydrogens is 336 g/mol. The van der Waals surface area contributed by atoms with Gasteiger partial charge >= 0.3 is 11.7 Å². The lowest BCUT2D eigenvalue weighted by Gasteiger charge is -2.09. The molecule has 1 aliphatic rings. The molecule has 1 aliphatic heterocycles. The molecule has 122 valence electrons. The van der Waals surface area contributed by atoms with Crippen molar-refractivity contribution in [2.75, 3.05) is 5.32 Å². The van der Waals surface area contributed by atoms with Gasteiger partial charge in [0.2, 0.25) is 6.10 Å². The van der Waals surface area contributed by atoms with Crippen LogP contribution in [0.5, 0.6) is 5.75 Å². The van der Waals surface area contributed by atoms with Crippen LogP contribution in [0.15, 0.2) is 54.4 Å². The third-order valence-corrected chi connectivity index (χ3v) is 3.74. The average Bonchev–Trinajstić information content (AvgIpc) is 2.88. The molecule has 1 heterocycles. The first-order chi connectivity index (χ1) is 11.5. The molecule has 1 atom stereocenters. The highest BCUT2D eigenvalue weighted by atomic mass is 35.5. The van der Waals surface area contributed by atoms with Crippen LogP contribution in [0.2, 0.25) is 5.02 Å². The number of carbonyl (C=O) groups excluding carboxylic acids is 1. The van der Waals surface area contributed by atoms with Gasteiger partial charge in [0.05, 0.1) is 22.4 Å². The van der Waals surface area contributed by atoms with Crippen molar-refractivity contribution in [2.24, 2.45) is 0 Å². The van der Waals surface area contributed by atoms with Crippen LogP contribution in [0.3, 0.4) is 0 Å². The van der Waals surface area contributed by atoms with Crippen LogP contribution in [0.25, 0.3) is 0 Å². The second-order valence-electron chi connectivity index (χ2n) is 5.00. The Hall–Kier alpha value is -3.06. The van der Waals surface area contributed by atoms with Gasteiger partial charge in [-0.3, -0.25) is 10.1 Å². The summed E-state index contributed by atoms with van der Waals surface area (Å²) in [7, 11) is 0. The molecule has 0 aromatic heterocycles. The number of hydrogen-bond acceptors (Lipinski definition) is 6. The molecule has 0 amide bonds. The van der Waals surface area contributed by atoms with E-state index in [4.69, 9.17) is 16.3 Å². The van der Waals surface area contributed by atoms with E-state index in [1.54, 1.807) is 24.3 Å². The van der Waals surface area contributed by atoms with E-state index in [0.29, 0.717) is 16.1 Å². The number of aromatic hydroxyl groups is 1. The van der Waals surface area contributed by atoms with Gasteiger partial charge in [0.25, 0.3) is 0 Å². The molecule has 24 heavy (non-hydrogen) atoms. The zero-order chi connectivity index (χ0) is 17.3. The number of nitrogens with one attached hydrogen (secondary N) is 1. The zero-order valence-electron chi connectivity index (χ0n) is 12.1. The smallest absolute Gasteiger partial charge is 0.339 e. The third kappa shape index (κ3) is 2.89. The Kier molecular flexibility index (Phi) is 4.09. The minimum Gasteiger partial charge on any atom is -0.506 e. The number of nitrogens with zero attached hydrogens (tertiary/aromatic N) is 1. The van der Waals surface area contributed by atoms with Crippen molar-refractivity contribution in [3.63, 3.8) is 0 Å². The first-order valence-corrected chi connectivity index (χ1v) is 7.24. The quantitative estimate of drug-likeness (QED) is 0.380. The van der Waals surface area contributed by atoms with Gasteiger partial charge in [-0.15, -0.1) is 0 Å². The zero-order valence-corrected chi connectivity index (χ0v) is 12.9. The van der Waals surface area contributed by atoms with E-state index >= 15 is 0 Å². The molecule has 8 heteroatoms. The maximum Gasteiger partial charge on any atom is 0.339 e. The molecule has 2 aromatic carbocycles. The average molecular weight is 347 g/mol. The Labute approximate surface area is 141 Å². The van der Waals surface area contributed by atoms with E-state index in [1.165, 1.54) is 18.2 Å². The van der Waals surface area contributed by atoms with E-state index in [1.807, 2.05) is 0 Å². The summed E-state index contributed by atoms with van der Waals surface area (Å²) in [6.45, 7) is 0. The summed E-state index contributed by atoms with van der Waals surface area (Å²) < 4.78 is 5.12. The Morgan fingerprint density at radius 2 is 2.08 bits per heavy atom. The Bertz CT molecular complexity index is 865. The van der Waals surface area contributed by atoms with Gasteiger partial charge in [-0.05, 0) is 24.3 Å². The summed E-state index contributed by atoms with van der Waals surface area (Å²) in [4.78, 5) is 22.6. The van der Waals surface area contributed by atoms with Crippen molar-refractivity contribution in [1.29, 1.82) is 0 Å². The van der Waals surface area contributed by atoms with E-state index in [-0.39, 0.29) is 17.1 Å². The van der Waals surface area contributed by atoms with E-state index in [9.17, 15) is 20.0 Å². The fraction of sp³-hybridized carbons (Fsp3) is 0.0625. The summed E-state index contributed by atoms with van der Waals surface area (Å²) in [6.07, 6.45) is -0.0525. The molecule has 7 nitrogen and oxygen atoms in total. The predicted octanol–water partition coefficient (Wildman–Crippen LogP) is 3.49. The summed E-state index contributed by atoms with van der Waals surface area (Å²) in [6, 6.07) is 10.7. The molecule has 0 bridgehead atoms. The molecule has 0 radical (unpaired) electrons. The summed E-state index contributed by atoms with van der Waals surface area (Å²) in [5.74, 6) is -0.740. The van der Waals surface area contributed by atoms with Crippen molar-refractivity contribution < 1.29 is 19.6 Å². The lowest BCUT2D eigenvalue weighted by atomic mass is 10.0. The van der Waals surface area contributed by atoms with Gasteiger partial charge in [0, 0.05) is 10.6 Å². The summed E-state index contributed by atoms with van der Waals surface area (Å²) in [5.41, 5.74) is 0.538. The van der Waals surface area contributed by atoms with Crippen molar-refractivity contribution >= 4 is 23.3 Å². The monoisotopic (exact) mass is 346 g/mol. The predicted molar refractivity (Wildman–Crippen MR) is 86.4 cm³/mol. The molecule has 0 unspecified atom stereocenters. The van der Waals surface area contributed by atoms with Gasteiger partial charge in [0.15, 0.2) is 0 Å². The van der Waals surface area contributed by atoms with Crippen LogP contribution in [-0.4, -0.2) is 16.0 Å². The van der Waals surface area contributed by atoms with Crippen LogP contribution in [0.1, 0.15) is 22.0 Å². The minimum absolute atomic E-state index is 0.123. The second kappa shape index (κ2) is 6.21. The fourth-order valence-electron chi connectivity index (χ4n) is 2.36. The van der Waals surface area contributed by atoms with Crippen molar-refractivity contribution in [1.82, 2.24) is 0 Å². The molecular formula is C16H11ClN2O5. The molecule has 0 fully saturated rings. The number of anilines is 1. The normalized spacial score (nSPS) is 16.5. The van der Waals surface area contributed by atoms with Crippen molar-refractivity contribution in [2.45, 2.75) is 6.10 Å². The highest BCUT2D eigenvalue weighted by molar-refractivity contribution is 6.30. The number of esters is 1. The fourth-order valence-corrected chi connectivity index (χ4v) is 2.54. The number of cyclic esters (lactones) is 1. The van der Waals surface area contributed by atoms with Crippen LogP contribution in [0, 0.1) is 10.1 Å². The number of carbonyl (C=O) groups is 1. The van der Waals surface area contributed by atoms with Gasteiger partial charge in [-0.1, -0.05) is 29.8 Å². The van der Waals surface area contributed by atoms with E-state index < -0.39 is 17.0 Å². The van der Waals surface area contributed by atoms with Crippen molar-refractivity contribution in [3.05, 3.63) is 80.6 Å². The van der Waals surface area contributed by atoms with E-state index in [0.717, 1.165) is 6.20 Å². The topological polar surface area (TPSA) is 102 Å². The number of phenolic OH excluding ortho intramolecular Hbond substituents is 1. The number of halogens is 1. The Morgan fingerprint density at radius 1 is 1.33 bits per heavy atom. The number of benzene rings is 2. The number of fused-ring (bicyclic) bond motifs is 1. The molecule has 2 N–H and O–H groups in total. The number of hydrogen-bond donors (Lipinski definition) is 2. The van der Waals surface area contributed by atoms with E-state index in [2.05, 4.69) is 5.32 Å². The Morgan fingerprint density at radius 3 is 2.83 bits per heavy atom. The maximum absolute atomic E-state index is 11.8. The number of rotatable bonds is 4. The lowest BCUT2D eigenvalue weighted by molar-refractivity contribution is -0.436. The van der Waals surface area contributed by atoms with Crippen LogP contribution < -0.4 is 5.32 Å². The van der Waals surface area contributed by atoms with Gasteiger partial charge in [-0.2, -0.15) is 0 Å². The molecule has 0 spiro atoms. The summed E-state index contributed by atoms with van der Waals surface area (Å²) >= 11 is 5.83. The highest BCUT2D eigenvalue weighted by Gasteiger charge is 2.39. The third-order valence-electron chi connectivity index (χ3n) is 3.50. The van der Waals surface area contributed by atoms with Crippen LogP contribution in [0.4, 0.5) is 5.69 Å². The molecule has 0 aliphatic carbocycles. The van der Waals surface area contributed by atoms with Gasteiger partial charge < -0.3 is 15.2 Å². The minimum atomic E-state index is -1.13. The number of phenols is 1. The lowest BCUT2D eigenvalue weighted by Crippen LogP contribution is -2.12. The largest absolute Gasteiger partial charge is 0.506 e. The molecule has 2 aromatic rings. The summed E-state index contributed by atoms with van der Waals surface area (Å²) in [5, 5.41) is 24.1. The van der Waals surface area contributed by atoms with Crippen molar-refractivity contribution in [3.8, 4) is 5.75 Å². The second-order valence-corrected chi connectivity index (χ2v) is 5.44. The maximum atomic E-state index is 11.8.